The molecule has 14 heteroatoms. The summed E-state index contributed by atoms with van der Waals surface area (Å²) in [4.78, 5) is 29.5. The van der Waals surface area contributed by atoms with Gasteiger partial charge in [-0.15, -0.1) is 12.4 Å². The van der Waals surface area contributed by atoms with Crippen LogP contribution in [0.2, 0.25) is 0 Å². The van der Waals surface area contributed by atoms with Gasteiger partial charge in [-0.05, 0) is 25.0 Å². The molecule has 7 nitrogen and oxygen atoms in total. The molecule has 2 atom stereocenters. The van der Waals surface area contributed by atoms with Crippen LogP contribution < -0.4 is 5.73 Å². The van der Waals surface area contributed by atoms with Crippen LogP contribution >= 0.6 is 12.4 Å². The van der Waals surface area contributed by atoms with E-state index in [4.69, 9.17) is 5.73 Å². The van der Waals surface area contributed by atoms with Gasteiger partial charge in [0, 0.05) is 31.6 Å². The van der Waals surface area contributed by atoms with Crippen LogP contribution in [0.25, 0.3) is 0 Å². The van der Waals surface area contributed by atoms with Crippen molar-refractivity contribution in [2.45, 2.75) is 44.6 Å². The number of aromatic nitrogens is 2. The maximum atomic E-state index is 13.9. The Kier molecular flexibility index (Phi) is 8.25. The molecule has 1 amide bonds. The summed E-state index contributed by atoms with van der Waals surface area (Å²) in [6.45, 7) is 1.02. The predicted octanol–water partition coefficient (Wildman–Crippen LogP) is 3.39. The number of nitrogens with two attached hydrogens (primary N) is 1. The molecule has 1 aliphatic rings. The quantitative estimate of drug-likeness (QED) is 0.375. The number of methoxy groups -OCH3 is 1. The number of imidazole rings is 1. The van der Waals surface area contributed by atoms with Gasteiger partial charge in [-0.2, -0.15) is 13.2 Å². The first-order chi connectivity index (χ1) is 15.3. The van der Waals surface area contributed by atoms with Crippen molar-refractivity contribution in [2.75, 3.05) is 13.7 Å². The van der Waals surface area contributed by atoms with Crippen LogP contribution in [0.1, 0.15) is 47.0 Å². The van der Waals surface area contributed by atoms with E-state index in [0.29, 0.717) is 12.1 Å². The zero-order valence-electron chi connectivity index (χ0n) is 18.0. The molecule has 2 aromatic rings. The molecular formula is C20H21ClF6N4O3. The molecule has 188 valence electrons. The summed E-state index contributed by atoms with van der Waals surface area (Å²) in [7, 11) is 0.994. The molecule has 3 rings (SSSR count). The molecule has 1 aromatic heterocycles. The third kappa shape index (κ3) is 5.30. The second kappa shape index (κ2) is 10.2. The fraction of sp³-hybridized carbons (Fsp3) is 0.450. The van der Waals surface area contributed by atoms with Gasteiger partial charge in [0.2, 0.25) is 11.7 Å². The molecule has 0 bridgehead atoms. The number of fused-ring (bicyclic) bond motifs is 1. The van der Waals surface area contributed by atoms with Crippen LogP contribution in [0.15, 0.2) is 12.1 Å². The summed E-state index contributed by atoms with van der Waals surface area (Å²) in [5.74, 6) is -6.58. The third-order valence-corrected chi connectivity index (χ3v) is 5.40. The molecule has 1 aliphatic heterocycles. The number of hydrogen-bond donors (Lipinski definition) is 1. The molecule has 34 heavy (non-hydrogen) atoms. The smallest absolute Gasteiger partial charge is 0.449 e. The van der Waals surface area contributed by atoms with Crippen molar-refractivity contribution >= 4 is 24.3 Å². The van der Waals surface area contributed by atoms with E-state index in [1.165, 1.54) is 11.8 Å². The van der Waals surface area contributed by atoms with E-state index in [0.717, 1.165) is 11.7 Å². The third-order valence-electron chi connectivity index (χ3n) is 5.40. The number of carbonyl (C=O) groups excluding carboxylic acids is 2. The lowest BCUT2D eigenvalue weighted by atomic mass is 10.0. The van der Waals surface area contributed by atoms with Crippen molar-refractivity contribution in [3.8, 4) is 0 Å². The molecule has 0 radical (unpaired) electrons. The highest BCUT2D eigenvalue weighted by Crippen LogP contribution is 2.36. The van der Waals surface area contributed by atoms with Crippen LogP contribution in [0.4, 0.5) is 26.3 Å². The molecule has 0 unspecified atom stereocenters. The standard InChI is InChI=1S/C20H20F6N4O3.ClH/c1-9-17-16(18(32)33-2)28-19(20(24,25)26)30(17)4-3-29(9)15(31)7-11(27)5-10-6-13(22)14(23)8-12(10)21;/h6,8-9,11H,3-5,7,27H2,1-2H3;1H/t9-,11+;/m1./s1. The van der Waals surface area contributed by atoms with E-state index in [2.05, 4.69) is 9.72 Å². The highest BCUT2D eigenvalue weighted by Gasteiger charge is 2.44. The van der Waals surface area contributed by atoms with Gasteiger partial charge in [0.25, 0.3) is 0 Å². The van der Waals surface area contributed by atoms with E-state index in [9.17, 15) is 35.9 Å². The molecule has 0 saturated heterocycles. The van der Waals surface area contributed by atoms with Crippen LogP contribution in [0.3, 0.4) is 0 Å². The number of esters is 1. The summed E-state index contributed by atoms with van der Waals surface area (Å²) >= 11 is 0. The van der Waals surface area contributed by atoms with Crippen LogP contribution in [0.5, 0.6) is 0 Å². The van der Waals surface area contributed by atoms with E-state index < -0.39 is 59.1 Å². The lowest BCUT2D eigenvalue weighted by Gasteiger charge is -2.36. The number of carbonyl (C=O) groups is 2. The highest BCUT2D eigenvalue weighted by atomic mass is 35.5. The van der Waals surface area contributed by atoms with Gasteiger partial charge in [0.1, 0.15) is 5.82 Å². The van der Waals surface area contributed by atoms with Crippen LogP contribution in [-0.4, -0.2) is 46.0 Å². The van der Waals surface area contributed by atoms with Crippen LogP contribution in [0, 0.1) is 17.5 Å². The number of rotatable bonds is 5. The maximum absolute atomic E-state index is 13.9. The summed E-state index contributed by atoms with van der Waals surface area (Å²) in [6.07, 6.45) is -5.46. The molecule has 1 aromatic carbocycles. The number of hydrogen-bond acceptors (Lipinski definition) is 5. The number of nitrogens with zero attached hydrogens (tertiary/aromatic N) is 3. The second-order valence-electron chi connectivity index (χ2n) is 7.60. The number of benzene rings is 1. The average molecular weight is 515 g/mol. The summed E-state index contributed by atoms with van der Waals surface area (Å²) in [6, 6.07) is -0.934. The van der Waals surface area contributed by atoms with Crippen molar-refractivity contribution in [3.63, 3.8) is 0 Å². The zero-order valence-corrected chi connectivity index (χ0v) is 18.8. The average Bonchev–Trinajstić information content (AvgIpc) is 3.12. The fourth-order valence-corrected chi connectivity index (χ4v) is 3.88. The van der Waals surface area contributed by atoms with Gasteiger partial charge >= 0.3 is 12.1 Å². The molecule has 2 N–H and O–H groups in total. The van der Waals surface area contributed by atoms with E-state index >= 15 is 0 Å². The first-order valence-electron chi connectivity index (χ1n) is 9.79. The molecule has 0 fully saturated rings. The SMILES string of the molecule is COC(=O)c1nc(C(F)(F)F)n2c1[C@@H](C)N(C(=O)C[C@@H](N)Cc1cc(F)c(F)cc1F)CC2.Cl. The van der Waals surface area contributed by atoms with Crippen molar-refractivity contribution in [1.82, 2.24) is 14.5 Å². The Morgan fingerprint density at radius 1 is 1.18 bits per heavy atom. The first-order valence-corrected chi connectivity index (χ1v) is 9.79. The lowest BCUT2D eigenvalue weighted by Crippen LogP contribution is -2.44. The Morgan fingerprint density at radius 2 is 1.79 bits per heavy atom. The minimum absolute atomic E-state index is 0. The topological polar surface area (TPSA) is 90.5 Å². The van der Waals surface area contributed by atoms with Gasteiger partial charge in [-0.3, -0.25) is 4.79 Å². The fourth-order valence-electron chi connectivity index (χ4n) is 3.88. The summed E-state index contributed by atoms with van der Waals surface area (Å²) < 4.78 is 85.9. The van der Waals surface area contributed by atoms with Gasteiger partial charge < -0.3 is 19.9 Å². The van der Waals surface area contributed by atoms with E-state index in [-0.39, 0.29) is 49.6 Å². The van der Waals surface area contributed by atoms with E-state index in [1.807, 2.05) is 0 Å². The Balaban J connectivity index is 0.00000408. The highest BCUT2D eigenvalue weighted by molar-refractivity contribution is 5.89. The summed E-state index contributed by atoms with van der Waals surface area (Å²) in [5, 5.41) is 0. The monoisotopic (exact) mass is 514 g/mol. The molecule has 0 saturated carbocycles. The number of ether oxygens (including phenoxy) is 1. The summed E-state index contributed by atoms with van der Waals surface area (Å²) in [5.41, 5.74) is 5.00. The van der Waals surface area contributed by atoms with Crippen molar-refractivity contribution in [3.05, 3.63) is 52.4 Å². The molecule has 2 heterocycles. The van der Waals surface area contributed by atoms with Crippen molar-refractivity contribution in [1.29, 1.82) is 0 Å². The molecule has 0 spiro atoms. The van der Waals surface area contributed by atoms with Gasteiger partial charge in [0.05, 0.1) is 18.8 Å². The minimum atomic E-state index is -4.83. The van der Waals surface area contributed by atoms with Crippen molar-refractivity contribution in [2.24, 2.45) is 5.73 Å². The Labute approximate surface area is 196 Å². The molecule has 0 aliphatic carbocycles. The van der Waals surface area contributed by atoms with Crippen molar-refractivity contribution < 1.29 is 40.7 Å². The predicted molar refractivity (Wildman–Crippen MR) is 109 cm³/mol. The Hall–Kier alpha value is -2.80. The number of amides is 1. The van der Waals surface area contributed by atoms with Gasteiger partial charge in [0.15, 0.2) is 17.3 Å². The van der Waals surface area contributed by atoms with Gasteiger partial charge in [-0.25, -0.2) is 22.9 Å². The lowest BCUT2D eigenvalue weighted by molar-refractivity contribution is -0.148. The first kappa shape index (κ1) is 27.4. The Bertz CT molecular complexity index is 1090. The zero-order chi connectivity index (χ0) is 24.7. The Morgan fingerprint density at radius 3 is 2.38 bits per heavy atom. The second-order valence-corrected chi connectivity index (χ2v) is 7.60. The largest absolute Gasteiger partial charge is 0.464 e. The number of alkyl halides is 3. The maximum Gasteiger partial charge on any atom is 0.449 e. The minimum Gasteiger partial charge on any atom is -0.464 e. The van der Waals surface area contributed by atoms with Crippen LogP contribution in [-0.2, 0) is 28.7 Å². The van der Waals surface area contributed by atoms with E-state index in [1.54, 1.807) is 0 Å². The number of halogens is 7. The van der Waals surface area contributed by atoms with Gasteiger partial charge in [-0.1, -0.05) is 0 Å². The molecular weight excluding hydrogens is 494 g/mol. The normalized spacial score (nSPS) is 16.5.